The maximum Gasteiger partial charge on any atom is 0.121 e. The topological polar surface area (TPSA) is 76.3 Å². The van der Waals surface area contributed by atoms with Gasteiger partial charge in [-0.25, -0.2) is 0 Å². The monoisotopic (exact) mass is 220 g/mol. The van der Waals surface area contributed by atoms with Gasteiger partial charge in [0.1, 0.15) is 11.8 Å². The van der Waals surface area contributed by atoms with Crippen molar-refractivity contribution in [2.24, 2.45) is 0 Å². The van der Waals surface area contributed by atoms with Gasteiger partial charge in [-0.15, -0.1) is 0 Å². The summed E-state index contributed by atoms with van der Waals surface area (Å²) < 4.78 is 0. The van der Waals surface area contributed by atoms with Crippen molar-refractivity contribution in [3.05, 3.63) is 28.8 Å². The lowest BCUT2D eigenvalue weighted by Gasteiger charge is -2.13. The zero-order chi connectivity index (χ0) is 12.1. The van der Waals surface area contributed by atoms with E-state index in [0.717, 1.165) is 16.7 Å². The van der Waals surface area contributed by atoms with Crippen molar-refractivity contribution in [3.8, 4) is 11.8 Å². The number of hydrogen-bond acceptors (Lipinski definition) is 4. The second-order valence-corrected chi connectivity index (χ2v) is 3.74. The van der Waals surface area contributed by atoms with E-state index in [4.69, 9.17) is 10.4 Å². The van der Waals surface area contributed by atoms with Gasteiger partial charge in [-0.1, -0.05) is 0 Å². The molecular formula is C12H16N2O2. The lowest BCUT2D eigenvalue weighted by Crippen LogP contribution is -2.23. The highest BCUT2D eigenvalue weighted by Crippen LogP contribution is 2.25. The highest BCUT2D eigenvalue weighted by atomic mass is 16.3. The van der Waals surface area contributed by atoms with Crippen LogP contribution in [0.1, 0.15) is 22.7 Å². The number of nitriles is 1. The molecule has 1 aromatic rings. The van der Waals surface area contributed by atoms with Crippen molar-refractivity contribution in [1.82, 2.24) is 5.32 Å². The number of rotatable bonds is 4. The van der Waals surface area contributed by atoms with Crippen LogP contribution in [-0.4, -0.2) is 23.4 Å². The molecule has 1 rings (SSSR count). The molecule has 0 heterocycles. The molecule has 4 heteroatoms. The van der Waals surface area contributed by atoms with E-state index in [2.05, 4.69) is 11.4 Å². The zero-order valence-corrected chi connectivity index (χ0v) is 9.49. The van der Waals surface area contributed by atoms with E-state index in [-0.39, 0.29) is 12.4 Å². The predicted molar refractivity (Wildman–Crippen MR) is 61.0 cm³/mol. The maximum atomic E-state index is 9.62. The summed E-state index contributed by atoms with van der Waals surface area (Å²) in [5.74, 6) is 0.266. The van der Waals surface area contributed by atoms with Crippen LogP contribution in [0.4, 0.5) is 0 Å². The average molecular weight is 220 g/mol. The fourth-order valence-corrected chi connectivity index (χ4v) is 1.60. The normalized spacial score (nSPS) is 12.1. The minimum Gasteiger partial charge on any atom is -0.507 e. The van der Waals surface area contributed by atoms with Gasteiger partial charge in [0.05, 0.1) is 12.7 Å². The molecule has 0 saturated carbocycles. The van der Waals surface area contributed by atoms with Crippen molar-refractivity contribution in [1.29, 1.82) is 5.26 Å². The Balaban J connectivity index is 2.98. The largest absolute Gasteiger partial charge is 0.507 e. The quantitative estimate of drug-likeness (QED) is 0.711. The van der Waals surface area contributed by atoms with Crippen LogP contribution in [0.3, 0.4) is 0 Å². The molecule has 0 radical (unpaired) electrons. The van der Waals surface area contributed by atoms with Gasteiger partial charge < -0.3 is 10.2 Å². The van der Waals surface area contributed by atoms with E-state index in [0.29, 0.717) is 6.54 Å². The summed E-state index contributed by atoms with van der Waals surface area (Å²) in [6, 6.07) is 5.23. The molecular weight excluding hydrogens is 204 g/mol. The van der Waals surface area contributed by atoms with Gasteiger partial charge >= 0.3 is 0 Å². The summed E-state index contributed by atoms with van der Waals surface area (Å²) in [5, 5.41) is 30.2. The Morgan fingerprint density at radius 1 is 1.38 bits per heavy atom. The Morgan fingerprint density at radius 3 is 2.38 bits per heavy atom. The summed E-state index contributed by atoms with van der Waals surface area (Å²) >= 11 is 0. The molecule has 0 amide bonds. The lowest BCUT2D eigenvalue weighted by molar-refractivity contribution is 0.289. The first-order chi connectivity index (χ1) is 7.60. The fourth-order valence-electron chi connectivity index (χ4n) is 1.60. The first-order valence-corrected chi connectivity index (χ1v) is 5.14. The molecule has 1 unspecified atom stereocenters. The SMILES string of the molecule is Cc1cc(C(C#N)NCCO)cc(C)c1O. The van der Waals surface area contributed by atoms with E-state index < -0.39 is 6.04 Å². The fraction of sp³-hybridized carbons (Fsp3) is 0.417. The standard InChI is InChI=1S/C12H16N2O2/c1-8-5-10(6-9(2)12(8)16)11(7-13)14-3-4-15/h5-6,11,14-16H,3-4H2,1-2H3. The summed E-state index contributed by atoms with van der Waals surface area (Å²) in [7, 11) is 0. The lowest BCUT2D eigenvalue weighted by atomic mass is 10.0. The van der Waals surface area contributed by atoms with Crippen LogP contribution in [0.5, 0.6) is 5.75 Å². The van der Waals surface area contributed by atoms with E-state index in [1.165, 1.54) is 0 Å². The van der Waals surface area contributed by atoms with Crippen molar-refractivity contribution in [3.63, 3.8) is 0 Å². The number of nitrogens with zero attached hydrogens (tertiary/aromatic N) is 1. The second-order valence-electron chi connectivity index (χ2n) is 3.74. The summed E-state index contributed by atoms with van der Waals surface area (Å²) in [4.78, 5) is 0. The number of aliphatic hydroxyl groups excluding tert-OH is 1. The smallest absolute Gasteiger partial charge is 0.121 e. The first kappa shape index (κ1) is 12.5. The van der Waals surface area contributed by atoms with Gasteiger partial charge in [0, 0.05) is 6.54 Å². The molecule has 16 heavy (non-hydrogen) atoms. The number of aromatic hydroxyl groups is 1. The van der Waals surface area contributed by atoms with Gasteiger partial charge in [-0.2, -0.15) is 5.26 Å². The minimum atomic E-state index is -0.454. The molecule has 0 fully saturated rings. The van der Waals surface area contributed by atoms with Crippen molar-refractivity contribution in [2.45, 2.75) is 19.9 Å². The van der Waals surface area contributed by atoms with Crippen LogP contribution >= 0.6 is 0 Å². The number of benzene rings is 1. The number of hydrogen-bond donors (Lipinski definition) is 3. The third-order valence-electron chi connectivity index (χ3n) is 2.44. The molecule has 0 saturated heterocycles. The summed E-state index contributed by atoms with van der Waals surface area (Å²) in [6.07, 6.45) is 0. The molecule has 86 valence electrons. The van der Waals surface area contributed by atoms with Crippen LogP contribution in [0.2, 0.25) is 0 Å². The van der Waals surface area contributed by atoms with Crippen LogP contribution < -0.4 is 5.32 Å². The molecule has 0 bridgehead atoms. The third kappa shape index (κ3) is 2.72. The molecule has 3 N–H and O–H groups in total. The summed E-state index contributed by atoms with van der Waals surface area (Å²) in [5.41, 5.74) is 2.31. The Hall–Kier alpha value is -1.57. The molecule has 1 aromatic carbocycles. The van der Waals surface area contributed by atoms with E-state index in [1.54, 1.807) is 26.0 Å². The predicted octanol–water partition coefficient (Wildman–Crippen LogP) is 1.16. The first-order valence-electron chi connectivity index (χ1n) is 5.14. The second kappa shape index (κ2) is 5.50. The van der Waals surface area contributed by atoms with Gasteiger partial charge in [-0.05, 0) is 42.7 Å². The van der Waals surface area contributed by atoms with Gasteiger partial charge in [-0.3, -0.25) is 5.32 Å². The van der Waals surface area contributed by atoms with Crippen LogP contribution in [-0.2, 0) is 0 Å². The maximum absolute atomic E-state index is 9.62. The molecule has 0 spiro atoms. The molecule has 0 aliphatic heterocycles. The van der Waals surface area contributed by atoms with Gasteiger partial charge in [0.25, 0.3) is 0 Å². The Labute approximate surface area is 95.2 Å². The summed E-state index contributed by atoms with van der Waals surface area (Å²) in [6.45, 7) is 3.96. The average Bonchev–Trinajstić information content (AvgIpc) is 2.26. The number of phenols is 1. The van der Waals surface area contributed by atoms with Gasteiger partial charge in [0.15, 0.2) is 0 Å². The Morgan fingerprint density at radius 2 is 1.94 bits per heavy atom. The van der Waals surface area contributed by atoms with Crippen LogP contribution in [0.15, 0.2) is 12.1 Å². The van der Waals surface area contributed by atoms with Crippen LogP contribution in [0, 0.1) is 25.2 Å². The highest BCUT2D eigenvalue weighted by molar-refractivity contribution is 5.44. The van der Waals surface area contributed by atoms with E-state index in [1.807, 2.05) is 0 Å². The molecule has 0 aliphatic rings. The number of phenolic OH excluding ortho intramolecular Hbond substituents is 1. The molecule has 0 aromatic heterocycles. The van der Waals surface area contributed by atoms with Gasteiger partial charge in [0.2, 0.25) is 0 Å². The minimum absolute atomic E-state index is 0.00573. The number of aryl methyl sites for hydroxylation is 2. The van der Waals surface area contributed by atoms with Crippen molar-refractivity contribution >= 4 is 0 Å². The van der Waals surface area contributed by atoms with Crippen molar-refractivity contribution < 1.29 is 10.2 Å². The number of aliphatic hydroxyl groups is 1. The molecule has 1 atom stereocenters. The Kier molecular flexibility index (Phi) is 4.29. The molecule has 4 nitrogen and oxygen atoms in total. The van der Waals surface area contributed by atoms with Crippen LogP contribution in [0.25, 0.3) is 0 Å². The van der Waals surface area contributed by atoms with Crippen molar-refractivity contribution in [2.75, 3.05) is 13.2 Å². The molecule has 0 aliphatic carbocycles. The Bertz CT molecular complexity index is 387. The third-order valence-corrected chi connectivity index (χ3v) is 2.44. The number of nitrogens with one attached hydrogen (secondary N) is 1. The highest BCUT2D eigenvalue weighted by Gasteiger charge is 2.12. The van der Waals surface area contributed by atoms with E-state index in [9.17, 15) is 5.11 Å². The zero-order valence-electron chi connectivity index (χ0n) is 9.49. The van der Waals surface area contributed by atoms with E-state index >= 15 is 0 Å².